The summed E-state index contributed by atoms with van der Waals surface area (Å²) >= 11 is 1.10. The van der Waals surface area contributed by atoms with Gasteiger partial charge in [-0.3, -0.25) is 4.79 Å². The van der Waals surface area contributed by atoms with Crippen molar-refractivity contribution < 1.29 is 17.6 Å². The standard InChI is InChI=1S/C29H31FN8O4S2/c1-5-22(39)36-9-10-37(16(2)12-36)27-19-11-20(30)23(25-26(31)32-15-43-25)33-28(19)38(29(40)34-27)24-18(17-13-35(3)14-17)7-6-8-21(24)44(4,41)42/h5-8,11,15-17H,1,9-10,12-14,31H2,2-4H3/t16-/m0/s1. The minimum Gasteiger partial charge on any atom is -0.382 e. The number of likely N-dealkylation sites (N-methyl/N-ethyl adjacent to an activating group) is 1. The first-order valence-electron chi connectivity index (χ1n) is 13.9. The number of halogens is 1. The Hall–Kier alpha value is -4.21. The van der Waals surface area contributed by atoms with Crippen molar-refractivity contribution in [1.82, 2.24) is 29.3 Å². The number of nitrogen functional groups attached to an aromatic ring is 1. The number of anilines is 2. The van der Waals surface area contributed by atoms with Gasteiger partial charge in [0.15, 0.2) is 21.3 Å². The minimum atomic E-state index is -3.83. The van der Waals surface area contributed by atoms with Crippen molar-refractivity contribution in [1.29, 1.82) is 0 Å². The highest BCUT2D eigenvalue weighted by atomic mass is 32.2. The molecule has 6 rings (SSSR count). The predicted molar refractivity (Wildman–Crippen MR) is 168 cm³/mol. The summed E-state index contributed by atoms with van der Waals surface area (Å²) in [6, 6.07) is 5.88. The van der Waals surface area contributed by atoms with Crippen LogP contribution < -0.4 is 16.3 Å². The zero-order valence-electron chi connectivity index (χ0n) is 24.4. The molecular weight excluding hydrogens is 608 g/mol. The topological polar surface area (TPSA) is 148 Å². The molecule has 1 aromatic carbocycles. The van der Waals surface area contributed by atoms with E-state index in [0.717, 1.165) is 17.6 Å². The Morgan fingerprint density at radius 1 is 1.20 bits per heavy atom. The third-order valence-electron chi connectivity index (χ3n) is 8.15. The summed E-state index contributed by atoms with van der Waals surface area (Å²) in [5.74, 6) is -0.694. The lowest BCUT2D eigenvalue weighted by atomic mass is 9.90. The van der Waals surface area contributed by atoms with Gasteiger partial charge in [-0.05, 0) is 37.7 Å². The summed E-state index contributed by atoms with van der Waals surface area (Å²) in [7, 11) is -1.88. The van der Waals surface area contributed by atoms with Crippen LogP contribution in [0.15, 0.2) is 52.1 Å². The average molecular weight is 639 g/mol. The second kappa shape index (κ2) is 11.1. The molecule has 0 unspecified atom stereocenters. The molecule has 2 aliphatic rings. The van der Waals surface area contributed by atoms with Crippen molar-refractivity contribution in [2.45, 2.75) is 23.8 Å². The third kappa shape index (κ3) is 5.04. The van der Waals surface area contributed by atoms with Gasteiger partial charge < -0.3 is 20.4 Å². The molecule has 2 fully saturated rings. The second-order valence-electron chi connectivity index (χ2n) is 11.2. The highest BCUT2D eigenvalue weighted by Crippen LogP contribution is 2.38. The van der Waals surface area contributed by atoms with Crippen molar-refractivity contribution in [3.8, 4) is 16.3 Å². The van der Waals surface area contributed by atoms with Crippen LogP contribution in [0.1, 0.15) is 18.4 Å². The molecule has 0 spiro atoms. The maximum Gasteiger partial charge on any atom is 0.355 e. The molecule has 5 heterocycles. The fourth-order valence-corrected chi connectivity index (χ4v) is 7.61. The van der Waals surface area contributed by atoms with Crippen LogP contribution in [0.3, 0.4) is 0 Å². The molecule has 0 radical (unpaired) electrons. The van der Waals surface area contributed by atoms with E-state index in [4.69, 9.17) is 5.73 Å². The molecule has 12 nitrogen and oxygen atoms in total. The fourth-order valence-electron chi connectivity index (χ4n) is 6.02. The molecule has 2 aliphatic heterocycles. The number of sulfone groups is 1. The highest BCUT2D eigenvalue weighted by molar-refractivity contribution is 7.90. The van der Waals surface area contributed by atoms with Crippen LogP contribution >= 0.6 is 11.3 Å². The predicted octanol–water partition coefficient (Wildman–Crippen LogP) is 2.28. The molecule has 3 aromatic heterocycles. The van der Waals surface area contributed by atoms with Gasteiger partial charge in [0.1, 0.15) is 17.3 Å². The Labute approximate surface area is 257 Å². The number of thiazole rings is 1. The summed E-state index contributed by atoms with van der Waals surface area (Å²) in [5, 5.41) is 0.212. The Morgan fingerprint density at radius 3 is 2.57 bits per heavy atom. The van der Waals surface area contributed by atoms with Gasteiger partial charge in [-0.15, -0.1) is 11.3 Å². The van der Waals surface area contributed by atoms with E-state index >= 15 is 4.39 Å². The number of benzene rings is 1. The van der Waals surface area contributed by atoms with E-state index in [0.29, 0.717) is 38.3 Å². The maximum atomic E-state index is 15.9. The van der Waals surface area contributed by atoms with Gasteiger partial charge in [-0.1, -0.05) is 18.7 Å². The number of rotatable bonds is 6. The van der Waals surface area contributed by atoms with Gasteiger partial charge in [0.2, 0.25) is 5.91 Å². The molecule has 0 aliphatic carbocycles. The van der Waals surface area contributed by atoms with Crippen molar-refractivity contribution in [3.05, 3.63) is 64.3 Å². The number of likely N-dealkylation sites (tertiary alicyclic amines) is 1. The summed E-state index contributed by atoms with van der Waals surface area (Å²) < 4.78 is 43.4. The molecule has 2 saturated heterocycles. The lowest BCUT2D eigenvalue weighted by molar-refractivity contribution is -0.126. The fraction of sp³-hybridized carbons (Fsp3) is 0.345. The van der Waals surface area contributed by atoms with Gasteiger partial charge in [0, 0.05) is 50.9 Å². The number of piperazine rings is 1. The zero-order chi connectivity index (χ0) is 31.5. The maximum absolute atomic E-state index is 15.9. The van der Waals surface area contributed by atoms with Crippen LogP contribution in [-0.4, -0.2) is 95.7 Å². The van der Waals surface area contributed by atoms with E-state index < -0.39 is 21.3 Å². The highest BCUT2D eigenvalue weighted by Gasteiger charge is 2.34. The molecule has 230 valence electrons. The lowest BCUT2D eigenvalue weighted by Gasteiger charge is -2.40. The van der Waals surface area contributed by atoms with Crippen LogP contribution in [0.25, 0.3) is 27.3 Å². The van der Waals surface area contributed by atoms with Gasteiger partial charge in [0.25, 0.3) is 0 Å². The SMILES string of the molecule is C=CC(=O)N1CCN(c2nc(=O)n(-c3c(C4CN(C)C4)cccc3S(C)(=O)=O)c3nc(-c4scnc4N)c(F)cc23)[C@@H](C)C1. The second-order valence-corrected chi connectivity index (χ2v) is 14.1. The molecule has 2 N–H and O–H groups in total. The first-order chi connectivity index (χ1) is 20.9. The summed E-state index contributed by atoms with van der Waals surface area (Å²) in [6.07, 6.45) is 2.33. The Balaban J connectivity index is 1.66. The molecule has 0 saturated carbocycles. The third-order valence-corrected chi connectivity index (χ3v) is 10.1. The van der Waals surface area contributed by atoms with Crippen LogP contribution in [0, 0.1) is 5.82 Å². The first kappa shape index (κ1) is 29.8. The Bertz CT molecular complexity index is 1990. The van der Waals surface area contributed by atoms with Gasteiger partial charge >= 0.3 is 5.69 Å². The number of carbonyl (C=O) groups is 1. The molecule has 44 heavy (non-hydrogen) atoms. The van der Waals surface area contributed by atoms with Gasteiger partial charge in [-0.2, -0.15) is 4.98 Å². The van der Waals surface area contributed by atoms with Gasteiger partial charge in [0.05, 0.1) is 26.4 Å². The number of para-hydroxylation sites is 1. The van der Waals surface area contributed by atoms with Crippen LogP contribution in [0.4, 0.5) is 16.0 Å². The normalized spacial score (nSPS) is 18.0. The Morgan fingerprint density at radius 2 is 1.95 bits per heavy atom. The number of aromatic nitrogens is 4. The number of hydrogen-bond acceptors (Lipinski definition) is 11. The van der Waals surface area contributed by atoms with Crippen LogP contribution in [0.2, 0.25) is 0 Å². The average Bonchev–Trinajstić information content (AvgIpc) is 3.39. The minimum absolute atomic E-state index is 0.0334. The number of nitrogens with two attached hydrogens (primary N) is 1. The first-order valence-corrected chi connectivity index (χ1v) is 16.7. The number of carbonyl (C=O) groups excluding carboxylic acids is 1. The smallest absolute Gasteiger partial charge is 0.355 e. The summed E-state index contributed by atoms with van der Waals surface area (Å²) in [5.41, 5.74) is 7.47. The van der Waals surface area contributed by atoms with E-state index in [1.165, 1.54) is 28.3 Å². The zero-order valence-corrected chi connectivity index (χ0v) is 26.0. The molecular formula is C29H31FN8O4S2. The summed E-state index contributed by atoms with van der Waals surface area (Å²) in [6.45, 7) is 7.75. The molecule has 15 heteroatoms. The number of hydrogen-bond donors (Lipinski definition) is 1. The van der Waals surface area contributed by atoms with E-state index in [-0.39, 0.29) is 61.7 Å². The van der Waals surface area contributed by atoms with Gasteiger partial charge in [-0.25, -0.2) is 32.1 Å². The van der Waals surface area contributed by atoms with E-state index in [1.54, 1.807) is 17.0 Å². The van der Waals surface area contributed by atoms with E-state index in [2.05, 4.69) is 26.4 Å². The van der Waals surface area contributed by atoms with Crippen LogP contribution in [0.5, 0.6) is 0 Å². The molecule has 1 amide bonds. The van der Waals surface area contributed by atoms with Crippen LogP contribution in [-0.2, 0) is 14.6 Å². The van der Waals surface area contributed by atoms with Crippen molar-refractivity contribution >= 4 is 49.8 Å². The molecule has 4 aromatic rings. The Kier molecular flexibility index (Phi) is 7.50. The van der Waals surface area contributed by atoms with Crippen molar-refractivity contribution in [2.75, 3.05) is 56.7 Å². The molecule has 0 bridgehead atoms. The lowest BCUT2D eigenvalue weighted by Crippen LogP contribution is -2.54. The number of pyridine rings is 1. The van der Waals surface area contributed by atoms with Crippen molar-refractivity contribution in [2.24, 2.45) is 0 Å². The molecule has 1 atom stereocenters. The van der Waals surface area contributed by atoms with Crippen molar-refractivity contribution in [3.63, 3.8) is 0 Å². The largest absolute Gasteiger partial charge is 0.382 e. The van der Waals surface area contributed by atoms with E-state index in [1.807, 2.05) is 18.9 Å². The monoisotopic (exact) mass is 638 g/mol. The quantitative estimate of drug-likeness (QED) is 0.312. The summed E-state index contributed by atoms with van der Waals surface area (Å²) in [4.78, 5) is 45.4. The number of nitrogens with zero attached hydrogens (tertiary/aromatic N) is 7. The van der Waals surface area contributed by atoms with E-state index in [9.17, 15) is 18.0 Å². The number of amides is 1. The number of fused-ring (bicyclic) bond motifs is 1.